The number of hydrogen-bond donors (Lipinski definition) is 1. The van der Waals surface area contributed by atoms with Crippen molar-refractivity contribution in [3.8, 4) is 5.75 Å². The monoisotopic (exact) mass is 359 g/mol. The van der Waals surface area contributed by atoms with Crippen LogP contribution in [0.4, 0.5) is 4.39 Å². The van der Waals surface area contributed by atoms with Gasteiger partial charge in [0.1, 0.15) is 11.7 Å². The Morgan fingerprint density at radius 3 is 2.73 bits per heavy atom. The highest BCUT2D eigenvalue weighted by Crippen LogP contribution is 2.17. The third-order valence-electron chi connectivity index (χ3n) is 3.56. The molecule has 3 rings (SSSR count). The van der Waals surface area contributed by atoms with Gasteiger partial charge in [0, 0.05) is 0 Å². The minimum Gasteiger partial charge on any atom is -0.481 e. The lowest BCUT2D eigenvalue weighted by Gasteiger charge is -2.19. The quantitative estimate of drug-likeness (QED) is 0.765. The maximum absolute atomic E-state index is 13.5. The number of fused-ring (bicyclic) bond motifs is 1. The Labute approximate surface area is 148 Å². The molecule has 0 bridgehead atoms. The van der Waals surface area contributed by atoms with Crippen LogP contribution in [0.5, 0.6) is 5.75 Å². The van der Waals surface area contributed by atoms with Crippen molar-refractivity contribution < 1.29 is 13.9 Å². The lowest BCUT2D eigenvalue weighted by molar-refractivity contribution is -0.119. The van der Waals surface area contributed by atoms with Gasteiger partial charge in [0.2, 0.25) is 0 Å². The molecule has 0 radical (unpaired) electrons. The number of nitrogens with one attached hydrogen (secondary N) is 1. The Morgan fingerprint density at radius 2 is 2.04 bits per heavy atom. The van der Waals surface area contributed by atoms with Crippen LogP contribution in [0.3, 0.4) is 0 Å². The average Bonchev–Trinajstić information content (AvgIpc) is 3.02. The zero-order chi connectivity index (χ0) is 18.9. The van der Waals surface area contributed by atoms with Crippen LogP contribution in [-0.4, -0.2) is 32.0 Å². The van der Waals surface area contributed by atoms with Crippen molar-refractivity contribution in [1.29, 1.82) is 0 Å². The van der Waals surface area contributed by atoms with E-state index in [9.17, 15) is 14.0 Å². The van der Waals surface area contributed by atoms with E-state index in [1.807, 2.05) is 20.8 Å². The van der Waals surface area contributed by atoms with E-state index in [0.29, 0.717) is 5.65 Å². The molecule has 0 aliphatic carbocycles. The summed E-state index contributed by atoms with van der Waals surface area (Å²) >= 11 is 0. The Balaban J connectivity index is 1.77. The normalized spacial score (nSPS) is 11.5. The molecule has 8 nitrogen and oxygen atoms in total. The Kier molecular flexibility index (Phi) is 4.45. The van der Waals surface area contributed by atoms with Gasteiger partial charge in [0.15, 0.2) is 23.8 Å². The largest absolute Gasteiger partial charge is 0.481 e. The molecular formula is C17H18FN5O3. The van der Waals surface area contributed by atoms with Gasteiger partial charge in [0.05, 0.1) is 11.7 Å². The summed E-state index contributed by atoms with van der Waals surface area (Å²) in [6.07, 6.45) is 2.62. The van der Waals surface area contributed by atoms with Crippen LogP contribution in [0, 0.1) is 5.82 Å². The van der Waals surface area contributed by atoms with E-state index in [0.717, 1.165) is 4.68 Å². The van der Waals surface area contributed by atoms with Gasteiger partial charge in [-0.15, -0.1) is 0 Å². The first kappa shape index (κ1) is 17.6. The zero-order valence-electron chi connectivity index (χ0n) is 14.6. The smallest absolute Gasteiger partial charge is 0.283 e. The number of para-hydroxylation sites is 1. The molecule has 2 heterocycles. The number of ether oxygens (including phenoxy) is 1. The topological polar surface area (TPSA) is 91.0 Å². The summed E-state index contributed by atoms with van der Waals surface area (Å²) in [7, 11) is 0. The molecule has 3 aromatic rings. The van der Waals surface area contributed by atoms with Gasteiger partial charge in [-0.3, -0.25) is 15.0 Å². The van der Waals surface area contributed by atoms with Crippen LogP contribution in [0.15, 0.2) is 41.6 Å². The third kappa shape index (κ3) is 3.41. The molecule has 26 heavy (non-hydrogen) atoms. The van der Waals surface area contributed by atoms with E-state index in [-0.39, 0.29) is 16.7 Å². The van der Waals surface area contributed by atoms with Gasteiger partial charge >= 0.3 is 0 Å². The number of amides is 1. The molecule has 0 atom stereocenters. The predicted molar refractivity (Wildman–Crippen MR) is 93.0 cm³/mol. The standard InChI is InChI=1S/C17H18FN5O3/c1-17(2,3)23-15-11(8-20-23)16(25)22(10-19-15)21-14(24)9-26-13-7-5-4-6-12(13)18/h4-8,10H,9H2,1-3H3,(H,21,24). The van der Waals surface area contributed by atoms with E-state index in [2.05, 4.69) is 15.5 Å². The zero-order valence-corrected chi connectivity index (χ0v) is 14.6. The lowest BCUT2D eigenvalue weighted by atomic mass is 10.1. The molecule has 9 heteroatoms. The first-order chi connectivity index (χ1) is 12.3. The summed E-state index contributed by atoms with van der Waals surface area (Å²) < 4.78 is 21.2. The number of carbonyl (C=O) groups is 1. The summed E-state index contributed by atoms with van der Waals surface area (Å²) in [5, 5.41) is 4.47. The summed E-state index contributed by atoms with van der Waals surface area (Å²) in [4.78, 5) is 28.7. The van der Waals surface area contributed by atoms with Crippen molar-refractivity contribution in [2.24, 2.45) is 0 Å². The molecule has 0 fully saturated rings. The molecule has 1 amide bonds. The third-order valence-corrected chi connectivity index (χ3v) is 3.56. The highest BCUT2D eigenvalue weighted by Gasteiger charge is 2.20. The molecule has 2 aromatic heterocycles. The summed E-state index contributed by atoms with van der Waals surface area (Å²) in [6.45, 7) is 5.37. The van der Waals surface area contributed by atoms with E-state index in [4.69, 9.17) is 4.74 Å². The van der Waals surface area contributed by atoms with Gasteiger partial charge in [-0.25, -0.2) is 18.7 Å². The number of hydrogen-bond acceptors (Lipinski definition) is 5. The number of benzene rings is 1. The van der Waals surface area contributed by atoms with Crippen LogP contribution < -0.4 is 15.7 Å². The van der Waals surface area contributed by atoms with Gasteiger partial charge < -0.3 is 4.74 Å². The highest BCUT2D eigenvalue weighted by molar-refractivity contribution is 5.85. The SMILES string of the molecule is CC(C)(C)n1ncc2c(=O)n(NC(=O)COc3ccccc3F)cnc21. The fourth-order valence-corrected chi connectivity index (χ4v) is 2.35. The second-order valence-corrected chi connectivity index (χ2v) is 6.64. The molecule has 0 spiro atoms. The summed E-state index contributed by atoms with van der Waals surface area (Å²) in [6, 6.07) is 5.73. The molecule has 0 aliphatic heterocycles. The maximum Gasteiger partial charge on any atom is 0.283 e. The van der Waals surface area contributed by atoms with Crippen molar-refractivity contribution >= 4 is 16.9 Å². The number of carbonyl (C=O) groups excluding carboxylic acids is 1. The Hall–Kier alpha value is -3.23. The average molecular weight is 359 g/mol. The first-order valence-electron chi connectivity index (χ1n) is 7.90. The van der Waals surface area contributed by atoms with Gasteiger partial charge in [0.25, 0.3) is 11.5 Å². The van der Waals surface area contributed by atoms with Gasteiger partial charge in [-0.1, -0.05) is 12.1 Å². The highest BCUT2D eigenvalue weighted by atomic mass is 19.1. The fraction of sp³-hybridized carbons (Fsp3) is 0.294. The minimum atomic E-state index is -0.625. The molecule has 136 valence electrons. The molecule has 0 aliphatic rings. The summed E-state index contributed by atoms with van der Waals surface area (Å²) in [5.41, 5.74) is 1.97. The number of rotatable bonds is 4. The van der Waals surface area contributed by atoms with Crippen LogP contribution in [-0.2, 0) is 10.3 Å². The second-order valence-electron chi connectivity index (χ2n) is 6.64. The minimum absolute atomic E-state index is 0.0463. The van der Waals surface area contributed by atoms with E-state index >= 15 is 0 Å². The van der Waals surface area contributed by atoms with Crippen LogP contribution in [0.2, 0.25) is 0 Å². The van der Waals surface area contributed by atoms with Crippen LogP contribution >= 0.6 is 0 Å². The summed E-state index contributed by atoms with van der Waals surface area (Å²) in [5.74, 6) is -1.25. The lowest BCUT2D eigenvalue weighted by Crippen LogP contribution is -2.36. The van der Waals surface area contributed by atoms with E-state index in [1.54, 1.807) is 10.7 Å². The molecule has 0 saturated carbocycles. The molecule has 0 unspecified atom stereocenters. The molecule has 1 aromatic carbocycles. The van der Waals surface area contributed by atoms with Crippen molar-refractivity contribution in [2.75, 3.05) is 12.0 Å². The van der Waals surface area contributed by atoms with Crippen molar-refractivity contribution in [3.05, 3.63) is 53.0 Å². The van der Waals surface area contributed by atoms with Crippen LogP contribution in [0.1, 0.15) is 20.8 Å². The number of halogens is 1. The first-order valence-corrected chi connectivity index (χ1v) is 7.90. The van der Waals surface area contributed by atoms with Crippen molar-refractivity contribution in [1.82, 2.24) is 19.4 Å². The Bertz CT molecular complexity index is 1020. The van der Waals surface area contributed by atoms with Crippen molar-refractivity contribution in [3.63, 3.8) is 0 Å². The van der Waals surface area contributed by atoms with Crippen LogP contribution in [0.25, 0.3) is 11.0 Å². The predicted octanol–water partition coefficient (Wildman–Crippen LogP) is 1.64. The number of aromatic nitrogens is 4. The fourth-order valence-electron chi connectivity index (χ4n) is 2.35. The van der Waals surface area contributed by atoms with Gasteiger partial charge in [-0.05, 0) is 32.9 Å². The van der Waals surface area contributed by atoms with Crippen molar-refractivity contribution in [2.45, 2.75) is 26.3 Å². The second kappa shape index (κ2) is 6.58. The maximum atomic E-state index is 13.5. The molecule has 0 saturated heterocycles. The molecular weight excluding hydrogens is 341 g/mol. The van der Waals surface area contributed by atoms with E-state index in [1.165, 1.54) is 30.7 Å². The van der Waals surface area contributed by atoms with Gasteiger partial charge in [-0.2, -0.15) is 5.10 Å². The van der Waals surface area contributed by atoms with E-state index < -0.39 is 23.9 Å². The Morgan fingerprint density at radius 1 is 1.31 bits per heavy atom. The molecule has 1 N–H and O–H groups in total. The number of nitrogens with zero attached hydrogens (tertiary/aromatic N) is 4.